The Labute approximate surface area is 167 Å². The summed E-state index contributed by atoms with van der Waals surface area (Å²) in [6.07, 6.45) is 2.67. The molecular formula is C21H21ClN4O2. The van der Waals surface area contributed by atoms with Gasteiger partial charge in [0.1, 0.15) is 5.82 Å². The highest BCUT2D eigenvalue weighted by molar-refractivity contribution is 6.30. The Morgan fingerprint density at radius 3 is 2.64 bits per heavy atom. The Morgan fingerprint density at radius 1 is 1.18 bits per heavy atom. The van der Waals surface area contributed by atoms with Crippen LogP contribution in [0.3, 0.4) is 0 Å². The van der Waals surface area contributed by atoms with Crippen LogP contribution in [-0.4, -0.2) is 27.9 Å². The highest BCUT2D eigenvalue weighted by Crippen LogP contribution is 2.28. The van der Waals surface area contributed by atoms with Gasteiger partial charge in [-0.25, -0.2) is 4.98 Å². The van der Waals surface area contributed by atoms with Crippen LogP contribution in [0.15, 0.2) is 42.5 Å². The summed E-state index contributed by atoms with van der Waals surface area (Å²) >= 11 is 5.87. The number of carbonyl (C=O) groups is 2. The van der Waals surface area contributed by atoms with Gasteiger partial charge in [-0.05, 0) is 55.3 Å². The molecule has 1 fully saturated rings. The summed E-state index contributed by atoms with van der Waals surface area (Å²) in [6, 6.07) is 12.4. The minimum absolute atomic E-state index is 0.144. The molecule has 2 amide bonds. The maximum Gasteiger partial charge on any atom is 0.255 e. The summed E-state index contributed by atoms with van der Waals surface area (Å²) in [6.45, 7) is 0.576. The zero-order valence-corrected chi connectivity index (χ0v) is 16.3. The van der Waals surface area contributed by atoms with Gasteiger partial charge in [0.15, 0.2) is 0 Å². The number of fused-ring (bicyclic) bond motifs is 1. The van der Waals surface area contributed by atoms with E-state index >= 15 is 0 Å². The second-order valence-electron chi connectivity index (χ2n) is 7.07. The Hall–Kier alpha value is -2.86. The van der Waals surface area contributed by atoms with Gasteiger partial charge < -0.3 is 15.2 Å². The van der Waals surface area contributed by atoms with E-state index in [1.54, 1.807) is 24.3 Å². The van der Waals surface area contributed by atoms with E-state index in [1.165, 1.54) is 0 Å². The molecule has 0 saturated heterocycles. The number of hydrogen-bond donors (Lipinski definition) is 2. The maximum absolute atomic E-state index is 12.4. The molecule has 0 atom stereocenters. The second kappa shape index (κ2) is 7.64. The molecule has 2 N–H and O–H groups in total. The van der Waals surface area contributed by atoms with Gasteiger partial charge in [0.05, 0.1) is 11.0 Å². The van der Waals surface area contributed by atoms with Gasteiger partial charge in [0.25, 0.3) is 5.91 Å². The Morgan fingerprint density at radius 2 is 1.93 bits per heavy atom. The zero-order valence-electron chi connectivity index (χ0n) is 15.5. The smallest absolute Gasteiger partial charge is 0.255 e. The van der Waals surface area contributed by atoms with Crippen LogP contribution in [0.5, 0.6) is 0 Å². The van der Waals surface area contributed by atoms with Crippen molar-refractivity contribution in [3.05, 3.63) is 58.9 Å². The van der Waals surface area contributed by atoms with Gasteiger partial charge >= 0.3 is 0 Å². The van der Waals surface area contributed by atoms with Crippen molar-refractivity contribution >= 4 is 40.1 Å². The second-order valence-corrected chi connectivity index (χ2v) is 7.50. The van der Waals surface area contributed by atoms with Gasteiger partial charge in [-0.15, -0.1) is 0 Å². The summed E-state index contributed by atoms with van der Waals surface area (Å²) in [4.78, 5) is 28.8. The first-order valence-electron chi connectivity index (χ1n) is 9.31. The number of amides is 2. The van der Waals surface area contributed by atoms with Crippen LogP contribution < -0.4 is 10.6 Å². The van der Waals surface area contributed by atoms with Crippen molar-refractivity contribution in [1.82, 2.24) is 14.9 Å². The summed E-state index contributed by atoms with van der Waals surface area (Å²) in [5.74, 6) is 1.06. The first-order valence-corrected chi connectivity index (χ1v) is 9.69. The standard InChI is InChI=1S/C21H21ClN4O2/c1-26-18-9-8-16(24-21(28)14-4-6-15(22)7-5-14)12-17(18)25-19(26)10-11-23-20(27)13-2-3-13/h4-9,12-13H,2-3,10-11H2,1H3,(H,23,27)(H,24,28). The summed E-state index contributed by atoms with van der Waals surface area (Å²) in [5, 5.41) is 6.44. The topological polar surface area (TPSA) is 76.0 Å². The monoisotopic (exact) mass is 396 g/mol. The van der Waals surface area contributed by atoms with Crippen molar-refractivity contribution in [1.29, 1.82) is 0 Å². The molecule has 1 aliphatic carbocycles. The Balaban J connectivity index is 1.45. The molecule has 0 aliphatic heterocycles. The van der Waals surface area contributed by atoms with E-state index in [0.29, 0.717) is 29.2 Å². The van der Waals surface area contributed by atoms with Crippen molar-refractivity contribution in [2.24, 2.45) is 13.0 Å². The normalized spacial score (nSPS) is 13.5. The minimum atomic E-state index is -0.199. The molecule has 1 saturated carbocycles. The van der Waals surface area contributed by atoms with Crippen LogP contribution in [0.2, 0.25) is 5.02 Å². The van der Waals surface area contributed by atoms with Gasteiger partial charge in [-0.1, -0.05) is 11.6 Å². The molecule has 28 heavy (non-hydrogen) atoms. The quantitative estimate of drug-likeness (QED) is 0.669. The minimum Gasteiger partial charge on any atom is -0.355 e. The first-order chi connectivity index (χ1) is 13.5. The SMILES string of the molecule is Cn1c(CCNC(=O)C2CC2)nc2cc(NC(=O)c3ccc(Cl)cc3)ccc21. The lowest BCUT2D eigenvalue weighted by molar-refractivity contribution is -0.122. The van der Waals surface area contributed by atoms with E-state index in [4.69, 9.17) is 11.6 Å². The van der Waals surface area contributed by atoms with Crippen LogP contribution in [0.4, 0.5) is 5.69 Å². The average molecular weight is 397 g/mol. The number of benzene rings is 2. The number of aromatic nitrogens is 2. The maximum atomic E-state index is 12.4. The summed E-state index contributed by atoms with van der Waals surface area (Å²) in [7, 11) is 1.96. The molecule has 144 valence electrons. The van der Waals surface area contributed by atoms with E-state index in [2.05, 4.69) is 15.6 Å². The van der Waals surface area contributed by atoms with Gasteiger partial charge in [0.2, 0.25) is 5.91 Å². The van der Waals surface area contributed by atoms with Crippen molar-refractivity contribution < 1.29 is 9.59 Å². The number of carbonyl (C=O) groups excluding carboxylic acids is 2. The Bertz CT molecular complexity index is 1040. The summed E-state index contributed by atoms with van der Waals surface area (Å²) < 4.78 is 2.02. The van der Waals surface area contributed by atoms with Gasteiger partial charge in [-0.2, -0.15) is 0 Å². The molecule has 0 spiro atoms. The predicted molar refractivity (Wildman–Crippen MR) is 110 cm³/mol. The van der Waals surface area contributed by atoms with E-state index in [1.807, 2.05) is 29.8 Å². The van der Waals surface area contributed by atoms with E-state index < -0.39 is 0 Å². The lowest BCUT2D eigenvalue weighted by atomic mass is 10.2. The number of rotatable bonds is 6. The fraction of sp³-hybridized carbons (Fsp3) is 0.286. The molecule has 0 bridgehead atoms. The average Bonchev–Trinajstić information content (AvgIpc) is 3.48. The molecule has 6 nitrogen and oxygen atoms in total. The van der Waals surface area contributed by atoms with E-state index in [9.17, 15) is 9.59 Å². The van der Waals surface area contributed by atoms with Crippen LogP contribution >= 0.6 is 11.6 Å². The van der Waals surface area contributed by atoms with Gasteiger partial charge in [-0.3, -0.25) is 9.59 Å². The van der Waals surface area contributed by atoms with Crippen LogP contribution in [0, 0.1) is 5.92 Å². The number of anilines is 1. The molecular weight excluding hydrogens is 376 g/mol. The number of aryl methyl sites for hydroxylation is 1. The van der Waals surface area contributed by atoms with Crippen LogP contribution in [0.1, 0.15) is 29.0 Å². The van der Waals surface area contributed by atoms with Crippen LogP contribution in [-0.2, 0) is 18.3 Å². The lowest BCUT2D eigenvalue weighted by Crippen LogP contribution is -2.27. The third-order valence-electron chi connectivity index (χ3n) is 4.93. The van der Waals surface area contributed by atoms with Crippen molar-refractivity contribution in [3.63, 3.8) is 0 Å². The third-order valence-corrected chi connectivity index (χ3v) is 5.19. The highest BCUT2D eigenvalue weighted by Gasteiger charge is 2.29. The number of hydrogen-bond acceptors (Lipinski definition) is 3. The predicted octanol–water partition coefficient (Wildman–Crippen LogP) is 3.55. The Kier molecular flexibility index (Phi) is 5.05. The molecule has 1 aromatic heterocycles. The largest absolute Gasteiger partial charge is 0.355 e. The number of nitrogens with one attached hydrogen (secondary N) is 2. The number of halogens is 1. The number of imidazole rings is 1. The molecule has 1 heterocycles. The molecule has 7 heteroatoms. The zero-order chi connectivity index (χ0) is 19.7. The summed E-state index contributed by atoms with van der Waals surface area (Å²) in [5.41, 5.74) is 3.00. The van der Waals surface area contributed by atoms with Crippen LogP contribution in [0.25, 0.3) is 11.0 Å². The van der Waals surface area contributed by atoms with Gasteiger partial charge in [0, 0.05) is 42.2 Å². The van der Waals surface area contributed by atoms with Crippen molar-refractivity contribution in [2.75, 3.05) is 11.9 Å². The molecule has 0 radical (unpaired) electrons. The van der Waals surface area contributed by atoms with E-state index in [-0.39, 0.29) is 17.7 Å². The first kappa shape index (κ1) is 18.5. The molecule has 4 rings (SSSR count). The fourth-order valence-electron chi connectivity index (χ4n) is 3.14. The van der Waals surface area contributed by atoms with E-state index in [0.717, 1.165) is 29.7 Å². The number of nitrogens with zero attached hydrogens (tertiary/aromatic N) is 2. The molecule has 2 aromatic carbocycles. The molecule has 0 unspecified atom stereocenters. The molecule has 1 aliphatic rings. The van der Waals surface area contributed by atoms with Crippen molar-refractivity contribution in [3.8, 4) is 0 Å². The van der Waals surface area contributed by atoms with Crippen molar-refractivity contribution in [2.45, 2.75) is 19.3 Å². The lowest BCUT2D eigenvalue weighted by Gasteiger charge is -2.06. The molecule has 3 aromatic rings. The third kappa shape index (κ3) is 4.02. The highest BCUT2D eigenvalue weighted by atomic mass is 35.5. The fourth-order valence-corrected chi connectivity index (χ4v) is 3.27.